The Balaban J connectivity index is 1.47. The van der Waals surface area contributed by atoms with Crippen LogP contribution in [0, 0.1) is 11.8 Å². The first kappa shape index (κ1) is 32.9. The third-order valence-electron chi connectivity index (χ3n) is 9.80. The van der Waals surface area contributed by atoms with E-state index in [9.17, 15) is 39.6 Å². The van der Waals surface area contributed by atoms with Crippen LogP contribution in [0.25, 0.3) is 27.7 Å². The van der Waals surface area contributed by atoms with Gasteiger partial charge in [-0.2, -0.15) is 0 Å². The van der Waals surface area contributed by atoms with Crippen molar-refractivity contribution in [2.75, 3.05) is 27.2 Å². The maximum absolute atomic E-state index is 14.2. The van der Waals surface area contributed by atoms with E-state index in [0.29, 0.717) is 24.3 Å². The lowest BCUT2D eigenvalue weighted by atomic mass is 9.57. The summed E-state index contributed by atoms with van der Waals surface area (Å²) in [7, 11) is 3.12. The van der Waals surface area contributed by atoms with E-state index in [4.69, 9.17) is 10.5 Å². The van der Waals surface area contributed by atoms with Gasteiger partial charge in [0.2, 0.25) is 5.78 Å². The minimum absolute atomic E-state index is 0.00726. The van der Waals surface area contributed by atoms with Gasteiger partial charge in [0.15, 0.2) is 11.4 Å². The maximum Gasteiger partial charge on any atom is 0.319 e. The molecule has 6 rings (SSSR count). The Bertz CT molecular complexity index is 1960. The van der Waals surface area contributed by atoms with Crippen molar-refractivity contribution < 1.29 is 44.3 Å². The van der Waals surface area contributed by atoms with Crippen LogP contribution < -0.4 is 11.1 Å². The number of aromatic hydroxyl groups is 1. The van der Waals surface area contributed by atoms with E-state index < -0.39 is 58.0 Å². The molecule has 0 bridgehead atoms. The lowest BCUT2D eigenvalue weighted by Gasteiger charge is -2.50. The van der Waals surface area contributed by atoms with Crippen LogP contribution in [-0.4, -0.2) is 87.7 Å². The van der Waals surface area contributed by atoms with E-state index in [1.54, 1.807) is 27.1 Å². The van der Waals surface area contributed by atoms with Gasteiger partial charge in [-0.1, -0.05) is 42.5 Å². The van der Waals surface area contributed by atoms with Crippen molar-refractivity contribution in [1.82, 2.24) is 10.2 Å². The summed E-state index contributed by atoms with van der Waals surface area (Å²) in [6.45, 7) is 2.49. The predicted octanol–water partition coefficient (Wildman–Crippen LogP) is 2.44. The van der Waals surface area contributed by atoms with Gasteiger partial charge >= 0.3 is 5.97 Å². The van der Waals surface area contributed by atoms with Crippen molar-refractivity contribution in [1.29, 1.82) is 0 Å². The van der Waals surface area contributed by atoms with E-state index in [1.165, 1.54) is 11.0 Å². The number of nitrogens with two attached hydrogens (primary N) is 1. The zero-order chi connectivity index (χ0) is 34.7. The summed E-state index contributed by atoms with van der Waals surface area (Å²) in [6, 6.07) is 13.6. The number of likely N-dealkylation sites (N-methyl/N-ethyl adjacent to an activating group) is 1. The fourth-order valence-corrected chi connectivity index (χ4v) is 7.76. The van der Waals surface area contributed by atoms with Crippen LogP contribution in [0.15, 0.2) is 65.4 Å². The normalized spacial score (nSPS) is 23.6. The first-order valence-electron chi connectivity index (χ1n) is 15.7. The topological polar surface area (TPSA) is 200 Å². The van der Waals surface area contributed by atoms with E-state index in [2.05, 4.69) is 5.32 Å². The molecule has 0 radical (unpaired) electrons. The molecule has 0 aliphatic heterocycles. The average Bonchev–Trinajstić information content (AvgIpc) is 3.03. The number of amides is 1. The minimum atomic E-state index is -2.70. The highest BCUT2D eigenvalue weighted by Gasteiger charge is 2.64. The number of ketones is 2. The molecule has 1 fully saturated rings. The molecule has 7 N–H and O–H groups in total. The number of rotatable bonds is 8. The maximum atomic E-state index is 14.2. The van der Waals surface area contributed by atoms with Gasteiger partial charge in [-0.15, -0.1) is 0 Å². The predicted molar refractivity (Wildman–Crippen MR) is 176 cm³/mol. The second-order valence-electron chi connectivity index (χ2n) is 12.7. The molecule has 12 heteroatoms. The number of benzene rings is 3. The van der Waals surface area contributed by atoms with Crippen LogP contribution in [0.1, 0.15) is 30.0 Å². The zero-order valence-electron chi connectivity index (χ0n) is 26.7. The molecule has 48 heavy (non-hydrogen) atoms. The Labute approximate surface area is 276 Å². The summed E-state index contributed by atoms with van der Waals surface area (Å²) < 4.78 is 5.00. The number of carbonyl (C=O) groups is 4. The van der Waals surface area contributed by atoms with Gasteiger partial charge < -0.3 is 36.2 Å². The molecule has 1 unspecified atom stereocenters. The average molecular weight is 656 g/mol. The number of aliphatic hydroxyl groups excluding tert-OH is 2. The van der Waals surface area contributed by atoms with Gasteiger partial charge in [0.05, 0.1) is 24.8 Å². The highest BCUT2D eigenvalue weighted by atomic mass is 16.5. The largest absolute Gasteiger partial charge is 0.508 e. The van der Waals surface area contributed by atoms with Gasteiger partial charge in [0.1, 0.15) is 22.8 Å². The molecular weight excluding hydrogens is 618 g/mol. The number of phenolic OH excluding ortho intramolecular Hbond substituents is 1. The van der Waals surface area contributed by atoms with Crippen molar-refractivity contribution in [2.45, 2.75) is 38.0 Å². The molecule has 1 saturated carbocycles. The number of hydrogen-bond donors (Lipinski definition) is 6. The summed E-state index contributed by atoms with van der Waals surface area (Å²) >= 11 is 0. The third-order valence-corrected chi connectivity index (χ3v) is 9.80. The van der Waals surface area contributed by atoms with Crippen LogP contribution in [-0.2, 0) is 36.9 Å². The number of hydrogen-bond acceptors (Lipinski definition) is 11. The second kappa shape index (κ2) is 12.2. The molecule has 1 amide bonds. The number of fused-ring (bicyclic) bond motifs is 4. The highest BCUT2D eigenvalue weighted by molar-refractivity contribution is 6.24. The molecule has 0 heterocycles. The molecule has 0 spiro atoms. The van der Waals surface area contributed by atoms with E-state index in [-0.39, 0.29) is 42.2 Å². The summed E-state index contributed by atoms with van der Waals surface area (Å²) in [4.78, 5) is 53.1. The van der Waals surface area contributed by atoms with E-state index in [1.807, 2.05) is 36.4 Å². The van der Waals surface area contributed by atoms with Gasteiger partial charge in [0.25, 0.3) is 5.91 Å². The number of nitrogens with zero attached hydrogens (tertiary/aromatic N) is 1. The highest BCUT2D eigenvalue weighted by Crippen LogP contribution is 2.54. The van der Waals surface area contributed by atoms with Crippen LogP contribution in [0.5, 0.6) is 5.75 Å². The quantitative estimate of drug-likeness (QED) is 0.154. The Morgan fingerprint density at radius 3 is 2.38 bits per heavy atom. The van der Waals surface area contributed by atoms with Gasteiger partial charge in [-0.25, -0.2) is 0 Å². The number of carbonyl (C=O) groups excluding carboxylic acids is 4. The molecule has 12 nitrogen and oxygen atoms in total. The Kier molecular flexibility index (Phi) is 8.36. The summed E-state index contributed by atoms with van der Waals surface area (Å²) in [5, 5.41) is 50.6. The van der Waals surface area contributed by atoms with Crippen LogP contribution in [0.3, 0.4) is 0 Å². The Morgan fingerprint density at radius 1 is 1.02 bits per heavy atom. The van der Waals surface area contributed by atoms with E-state index >= 15 is 0 Å². The van der Waals surface area contributed by atoms with Gasteiger partial charge in [-0.3, -0.25) is 24.1 Å². The molecule has 4 atom stereocenters. The smallest absolute Gasteiger partial charge is 0.319 e. The number of phenols is 1. The fourth-order valence-electron chi connectivity index (χ4n) is 7.76. The van der Waals surface area contributed by atoms with Crippen LogP contribution >= 0.6 is 0 Å². The molecular formula is C36H37N3O9. The number of primary amides is 1. The summed E-state index contributed by atoms with van der Waals surface area (Å²) in [6.07, 6.45) is 0.155. The van der Waals surface area contributed by atoms with Crippen molar-refractivity contribution in [3.63, 3.8) is 0 Å². The SMILES string of the molecule is CCOC(=O)CNCc1ccc(-c2ccc(O)c3c2C[C@@H]2C[C@@H]4C(N(C)C)C(=O)C(C(N)=O)=C(O)[C@]4(O)C(=O)C2=C3O)c2ccccc12. The zero-order valence-corrected chi connectivity index (χ0v) is 26.7. The standard InChI is InChI=1S/C36H37N3O9/c1-4-48-26(41)16-38-15-17-9-10-21(20-8-6-5-7-19(17)20)22-11-12-25(40)28-23(22)13-18-14-24-30(39(2)3)32(43)29(35(37)46)34(45)36(24,47)33(44)27(18)31(28)42/h5-12,18,24,30,38,40,42,45,47H,4,13-16H2,1-3H3,(H2,37,46)/t18-,24-,30?,36-/m1/s1. The van der Waals surface area contributed by atoms with E-state index in [0.717, 1.165) is 21.9 Å². The monoisotopic (exact) mass is 655 g/mol. The molecule has 250 valence electrons. The van der Waals surface area contributed by atoms with Crippen LogP contribution in [0.2, 0.25) is 0 Å². The first-order valence-corrected chi connectivity index (χ1v) is 15.7. The lowest BCUT2D eigenvalue weighted by Crippen LogP contribution is -2.65. The molecule has 0 saturated heterocycles. The number of nitrogens with one attached hydrogen (secondary N) is 1. The van der Waals surface area contributed by atoms with Gasteiger partial charge in [0, 0.05) is 18.0 Å². The Morgan fingerprint density at radius 2 is 1.71 bits per heavy atom. The lowest BCUT2D eigenvalue weighted by molar-refractivity contribution is -0.153. The molecule has 3 aromatic rings. The summed E-state index contributed by atoms with van der Waals surface area (Å²) in [5.74, 6) is -7.32. The molecule has 0 aromatic heterocycles. The van der Waals surface area contributed by atoms with Crippen molar-refractivity contribution in [3.05, 3.63) is 82.1 Å². The number of Topliss-reactive ketones (excluding diaryl/α,β-unsaturated/α-hetero) is 2. The van der Waals surface area contributed by atoms with Gasteiger partial charge in [-0.05, 0) is 78.9 Å². The number of ether oxygens (including phenoxy) is 1. The fraction of sp³-hybridized carbons (Fsp3) is 0.333. The molecule has 3 aliphatic carbocycles. The molecule has 3 aromatic carbocycles. The summed E-state index contributed by atoms with van der Waals surface area (Å²) in [5.41, 5.74) is 4.68. The van der Waals surface area contributed by atoms with Crippen LogP contribution in [0.4, 0.5) is 0 Å². The van der Waals surface area contributed by atoms with Crippen molar-refractivity contribution in [2.24, 2.45) is 17.6 Å². The minimum Gasteiger partial charge on any atom is -0.508 e. The first-order chi connectivity index (χ1) is 22.8. The second-order valence-corrected chi connectivity index (χ2v) is 12.7. The van der Waals surface area contributed by atoms with Crippen molar-refractivity contribution in [3.8, 4) is 16.9 Å². The van der Waals surface area contributed by atoms with Crippen molar-refractivity contribution >= 4 is 40.0 Å². The molecule has 3 aliphatic rings. The number of esters is 1. The third kappa shape index (κ3) is 4.95. The Hall–Kier alpha value is -5.04. The number of aliphatic hydroxyl groups is 3.